The van der Waals surface area contributed by atoms with E-state index in [0.29, 0.717) is 12.3 Å². The van der Waals surface area contributed by atoms with Gasteiger partial charge in [-0.25, -0.2) is 14.8 Å². The van der Waals surface area contributed by atoms with Gasteiger partial charge in [0.25, 0.3) is 0 Å². The maximum atomic E-state index is 11.1. The van der Waals surface area contributed by atoms with Gasteiger partial charge >= 0.3 is 5.97 Å². The highest BCUT2D eigenvalue weighted by Gasteiger charge is 2.31. The standard InChI is InChI=1S/C12H17N3O2/c1-8(2)9-6-11(14-7-13-9)15-5-3-4-10(15)12(16)17/h6-8,10H,3-5H2,1-2H3,(H,16,17)/t10-/m0/s1. The average molecular weight is 235 g/mol. The number of nitrogens with zero attached hydrogens (tertiary/aromatic N) is 3. The number of carbonyl (C=O) groups is 1. The van der Waals surface area contributed by atoms with Crippen LogP contribution in [0.5, 0.6) is 0 Å². The average Bonchev–Trinajstić information content (AvgIpc) is 2.78. The van der Waals surface area contributed by atoms with Gasteiger partial charge in [0, 0.05) is 18.3 Å². The summed E-state index contributed by atoms with van der Waals surface area (Å²) in [4.78, 5) is 21.4. The molecule has 2 heterocycles. The van der Waals surface area contributed by atoms with Crippen LogP contribution in [0.25, 0.3) is 0 Å². The van der Waals surface area contributed by atoms with Crippen LogP contribution in [0.2, 0.25) is 0 Å². The van der Waals surface area contributed by atoms with Gasteiger partial charge < -0.3 is 10.0 Å². The van der Waals surface area contributed by atoms with Crippen LogP contribution < -0.4 is 4.90 Å². The molecular weight excluding hydrogens is 218 g/mol. The highest BCUT2D eigenvalue weighted by Crippen LogP contribution is 2.25. The van der Waals surface area contributed by atoms with E-state index in [1.165, 1.54) is 6.33 Å². The molecule has 0 radical (unpaired) electrons. The van der Waals surface area contributed by atoms with E-state index < -0.39 is 12.0 Å². The molecule has 0 spiro atoms. The number of carboxylic acid groups (broad SMARTS) is 1. The summed E-state index contributed by atoms with van der Waals surface area (Å²) in [5.41, 5.74) is 0.950. The van der Waals surface area contributed by atoms with E-state index in [0.717, 1.165) is 24.5 Å². The molecule has 1 N–H and O–H groups in total. The summed E-state index contributed by atoms with van der Waals surface area (Å²) in [6.45, 7) is 4.88. The third-order valence-electron chi connectivity index (χ3n) is 3.10. The molecule has 1 aliphatic rings. The van der Waals surface area contributed by atoms with Crippen molar-refractivity contribution in [3.63, 3.8) is 0 Å². The van der Waals surface area contributed by atoms with Gasteiger partial charge in [-0.2, -0.15) is 0 Å². The summed E-state index contributed by atoms with van der Waals surface area (Å²) in [7, 11) is 0. The smallest absolute Gasteiger partial charge is 0.326 e. The lowest BCUT2D eigenvalue weighted by molar-refractivity contribution is -0.138. The number of aromatic nitrogens is 2. The van der Waals surface area contributed by atoms with E-state index in [9.17, 15) is 4.79 Å². The summed E-state index contributed by atoms with van der Waals surface area (Å²) in [6.07, 6.45) is 3.11. The number of carboxylic acids is 1. The minimum Gasteiger partial charge on any atom is -0.480 e. The van der Waals surface area contributed by atoms with Crippen LogP contribution in [0.4, 0.5) is 5.82 Å². The molecule has 1 aliphatic heterocycles. The van der Waals surface area contributed by atoms with Crippen LogP contribution in [-0.4, -0.2) is 33.6 Å². The van der Waals surface area contributed by atoms with Crippen LogP contribution >= 0.6 is 0 Å². The normalized spacial score (nSPS) is 19.9. The number of hydrogen-bond acceptors (Lipinski definition) is 4. The Morgan fingerprint density at radius 1 is 1.53 bits per heavy atom. The molecular formula is C12H17N3O2. The molecule has 1 saturated heterocycles. The highest BCUT2D eigenvalue weighted by molar-refractivity contribution is 5.78. The fourth-order valence-corrected chi connectivity index (χ4v) is 2.13. The summed E-state index contributed by atoms with van der Waals surface area (Å²) in [6, 6.07) is 1.45. The van der Waals surface area contributed by atoms with E-state index >= 15 is 0 Å². The lowest BCUT2D eigenvalue weighted by Crippen LogP contribution is -2.36. The maximum Gasteiger partial charge on any atom is 0.326 e. The van der Waals surface area contributed by atoms with Gasteiger partial charge in [0.1, 0.15) is 18.2 Å². The first kappa shape index (κ1) is 11.8. The third kappa shape index (κ3) is 2.38. The van der Waals surface area contributed by atoms with Crippen molar-refractivity contribution in [3.8, 4) is 0 Å². The number of hydrogen-bond donors (Lipinski definition) is 1. The van der Waals surface area contributed by atoms with Crippen molar-refractivity contribution in [2.24, 2.45) is 0 Å². The van der Waals surface area contributed by atoms with Crippen LogP contribution in [0, 0.1) is 0 Å². The lowest BCUT2D eigenvalue weighted by atomic mass is 10.1. The molecule has 2 rings (SSSR count). The van der Waals surface area contributed by atoms with E-state index in [2.05, 4.69) is 23.8 Å². The van der Waals surface area contributed by atoms with Crippen LogP contribution in [0.1, 0.15) is 38.3 Å². The number of anilines is 1. The van der Waals surface area contributed by atoms with Crippen LogP contribution in [0.15, 0.2) is 12.4 Å². The zero-order valence-corrected chi connectivity index (χ0v) is 10.1. The van der Waals surface area contributed by atoms with Crippen molar-refractivity contribution in [2.75, 3.05) is 11.4 Å². The Balaban J connectivity index is 2.27. The zero-order chi connectivity index (χ0) is 12.4. The molecule has 1 fully saturated rings. The summed E-state index contributed by atoms with van der Waals surface area (Å²) < 4.78 is 0. The van der Waals surface area contributed by atoms with Crippen LogP contribution in [-0.2, 0) is 4.79 Å². The molecule has 5 nitrogen and oxygen atoms in total. The van der Waals surface area contributed by atoms with Crippen molar-refractivity contribution < 1.29 is 9.90 Å². The minimum atomic E-state index is -0.771. The molecule has 0 aromatic carbocycles. The van der Waals surface area contributed by atoms with E-state index in [1.807, 2.05) is 11.0 Å². The number of aliphatic carboxylic acids is 1. The molecule has 1 aromatic heterocycles. The first-order valence-electron chi connectivity index (χ1n) is 5.91. The van der Waals surface area contributed by atoms with E-state index in [-0.39, 0.29) is 0 Å². The molecule has 0 bridgehead atoms. The predicted molar refractivity (Wildman–Crippen MR) is 64.1 cm³/mol. The fourth-order valence-electron chi connectivity index (χ4n) is 2.13. The van der Waals surface area contributed by atoms with Gasteiger partial charge in [-0.15, -0.1) is 0 Å². The molecule has 17 heavy (non-hydrogen) atoms. The summed E-state index contributed by atoms with van der Waals surface area (Å²) in [5, 5.41) is 9.14. The topological polar surface area (TPSA) is 66.3 Å². The first-order valence-corrected chi connectivity index (χ1v) is 5.91. The number of rotatable bonds is 3. The Kier molecular flexibility index (Phi) is 3.26. The molecule has 0 aliphatic carbocycles. The summed E-state index contributed by atoms with van der Waals surface area (Å²) >= 11 is 0. The Morgan fingerprint density at radius 3 is 2.94 bits per heavy atom. The monoisotopic (exact) mass is 235 g/mol. The molecule has 0 saturated carbocycles. The predicted octanol–water partition coefficient (Wildman–Crippen LogP) is 1.65. The van der Waals surface area contributed by atoms with Gasteiger partial charge in [0.2, 0.25) is 0 Å². The third-order valence-corrected chi connectivity index (χ3v) is 3.10. The Morgan fingerprint density at radius 2 is 2.29 bits per heavy atom. The fraction of sp³-hybridized carbons (Fsp3) is 0.583. The second-order valence-electron chi connectivity index (χ2n) is 4.65. The van der Waals surface area contributed by atoms with Crippen molar-refractivity contribution in [2.45, 2.75) is 38.6 Å². The SMILES string of the molecule is CC(C)c1cc(N2CCC[C@H]2C(=O)O)ncn1. The van der Waals surface area contributed by atoms with Gasteiger partial charge in [0.05, 0.1) is 0 Å². The quantitative estimate of drug-likeness (QED) is 0.863. The molecule has 92 valence electrons. The minimum absolute atomic E-state index is 0.322. The lowest BCUT2D eigenvalue weighted by Gasteiger charge is -2.22. The van der Waals surface area contributed by atoms with Crippen LogP contribution in [0.3, 0.4) is 0 Å². The van der Waals surface area contributed by atoms with Crippen molar-refractivity contribution in [1.29, 1.82) is 0 Å². The Hall–Kier alpha value is -1.65. The second-order valence-corrected chi connectivity index (χ2v) is 4.65. The Bertz CT molecular complexity index is 420. The summed E-state index contributed by atoms with van der Waals surface area (Å²) in [5.74, 6) is 0.281. The highest BCUT2D eigenvalue weighted by atomic mass is 16.4. The van der Waals surface area contributed by atoms with Gasteiger partial charge in [0.15, 0.2) is 0 Å². The molecule has 1 atom stereocenters. The first-order chi connectivity index (χ1) is 8.09. The van der Waals surface area contributed by atoms with Gasteiger partial charge in [-0.1, -0.05) is 13.8 Å². The molecule has 5 heteroatoms. The van der Waals surface area contributed by atoms with E-state index in [4.69, 9.17) is 5.11 Å². The zero-order valence-electron chi connectivity index (χ0n) is 10.1. The molecule has 1 aromatic rings. The van der Waals surface area contributed by atoms with Crippen molar-refractivity contribution >= 4 is 11.8 Å². The van der Waals surface area contributed by atoms with Gasteiger partial charge in [-0.3, -0.25) is 0 Å². The van der Waals surface area contributed by atoms with E-state index in [1.54, 1.807) is 0 Å². The maximum absolute atomic E-state index is 11.1. The Labute approximate surface area is 100 Å². The van der Waals surface area contributed by atoms with Gasteiger partial charge in [-0.05, 0) is 18.8 Å². The molecule has 0 amide bonds. The molecule has 0 unspecified atom stereocenters. The van der Waals surface area contributed by atoms with Crippen molar-refractivity contribution in [1.82, 2.24) is 9.97 Å². The van der Waals surface area contributed by atoms with Crippen molar-refractivity contribution in [3.05, 3.63) is 18.1 Å². The second kappa shape index (κ2) is 4.69. The largest absolute Gasteiger partial charge is 0.480 e.